The van der Waals surface area contributed by atoms with Crippen molar-refractivity contribution in [3.05, 3.63) is 33.9 Å². The van der Waals surface area contributed by atoms with E-state index in [9.17, 15) is 14.9 Å². The number of hydrogen-bond acceptors (Lipinski definition) is 4. The van der Waals surface area contributed by atoms with Crippen LogP contribution in [0.2, 0.25) is 0 Å². The molecule has 74 valence electrons. The van der Waals surface area contributed by atoms with Crippen molar-refractivity contribution in [2.45, 2.75) is 6.42 Å². The van der Waals surface area contributed by atoms with Crippen LogP contribution < -0.4 is 5.73 Å². The number of nitrogens with zero attached hydrogens (tertiary/aromatic N) is 1. The van der Waals surface area contributed by atoms with Gasteiger partial charge in [-0.25, -0.2) is 0 Å². The molecule has 0 bridgehead atoms. The molecule has 6 nitrogen and oxygen atoms in total. The maximum Gasteiger partial charge on any atom is 0.307 e. The minimum atomic E-state index is -1.07. The van der Waals surface area contributed by atoms with Gasteiger partial charge in [0, 0.05) is 17.8 Å². The fourth-order valence-corrected chi connectivity index (χ4v) is 1.02. The highest BCUT2D eigenvalue weighted by molar-refractivity contribution is 5.73. The van der Waals surface area contributed by atoms with E-state index in [1.165, 1.54) is 18.2 Å². The maximum absolute atomic E-state index is 10.4. The first-order chi connectivity index (χ1) is 6.50. The van der Waals surface area contributed by atoms with Crippen LogP contribution in [0.4, 0.5) is 11.4 Å². The van der Waals surface area contributed by atoms with Crippen LogP contribution in [0.15, 0.2) is 18.2 Å². The van der Waals surface area contributed by atoms with Gasteiger partial charge < -0.3 is 10.8 Å². The van der Waals surface area contributed by atoms with Crippen LogP contribution in [0.3, 0.4) is 0 Å². The zero-order chi connectivity index (χ0) is 10.7. The molecule has 0 atom stereocenters. The molecule has 14 heavy (non-hydrogen) atoms. The molecule has 0 fully saturated rings. The van der Waals surface area contributed by atoms with Crippen molar-refractivity contribution in [1.29, 1.82) is 0 Å². The molecule has 0 aromatic heterocycles. The van der Waals surface area contributed by atoms with Gasteiger partial charge in [-0.15, -0.1) is 0 Å². The molecule has 0 heterocycles. The summed E-state index contributed by atoms with van der Waals surface area (Å²) in [5, 5.41) is 18.9. The first kappa shape index (κ1) is 9.97. The number of nitro groups is 1. The van der Waals surface area contributed by atoms with Gasteiger partial charge in [0.2, 0.25) is 0 Å². The maximum atomic E-state index is 10.4. The Labute approximate surface area is 79.1 Å². The zero-order valence-corrected chi connectivity index (χ0v) is 7.14. The van der Waals surface area contributed by atoms with E-state index in [0.717, 1.165) is 0 Å². The van der Waals surface area contributed by atoms with Crippen LogP contribution >= 0.6 is 0 Å². The summed E-state index contributed by atoms with van der Waals surface area (Å²) in [5.41, 5.74) is 5.80. The number of anilines is 1. The van der Waals surface area contributed by atoms with Crippen molar-refractivity contribution >= 4 is 17.3 Å². The Morgan fingerprint density at radius 1 is 1.57 bits per heavy atom. The molecule has 0 saturated carbocycles. The lowest BCUT2D eigenvalue weighted by Gasteiger charge is -2.01. The number of non-ortho nitro benzene ring substituents is 1. The molecule has 0 radical (unpaired) electrons. The summed E-state index contributed by atoms with van der Waals surface area (Å²) in [4.78, 5) is 20.2. The highest BCUT2D eigenvalue weighted by Gasteiger charge is 2.11. The number of nitro benzene ring substituents is 1. The number of hydrogen-bond donors (Lipinski definition) is 2. The molecular formula is C8H8N2O4. The van der Waals surface area contributed by atoms with Crippen LogP contribution in [0.25, 0.3) is 0 Å². The van der Waals surface area contributed by atoms with Gasteiger partial charge in [0.25, 0.3) is 5.69 Å². The van der Waals surface area contributed by atoms with Crippen molar-refractivity contribution in [1.82, 2.24) is 0 Å². The van der Waals surface area contributed by atoms with Gasteiger partial charge in [-0.3, -0.25) is 14.9 Å². The van der Waals surface area contributed by atoms with Gasteiger partial charge in [0.1, 0.15) is 0 Å². The molecular weight excluding hydrogens is 188 g/mol. The van der Waals surface area contributed by atoms with E-state index in [1.54, 1.807) is 0 Å². The lowest BCUT2D eigenvalue weighted by molar-refractivity contribution is -0.384. The summed E-state index contributed by atoms with van der Waals surface area (Å²) < 4.78 is 0. The standard InChI is InChI=1S/C8H8N2O4/c9-7-2-1-6(10(13)14)3-5(7)4-8(11)12/h1-3H,4,9H2,(H,11,12). The molecule has 0 saturated heterocycles. The number of aliphatic carboxylic acids is 1. The fourth-order valence-electron chi connectivity index (χ4n) is 1.02. The van der Waals surface area contributed by atoms with Gasteiger partial charge in [0.05, 0.1) is 11.3 Å². The average molecular weight is 196 g/mol. The fraction of sp³-hybridized carbons (Fsp3) is 0.125. The number of nitrogen functional groups attached to an aromatic ring is 1. The molecule has 0 aliphatic rings. The second-order valence-electron chi connectivity index (χ2n) is 2.71. The van der Waals surface area contributed by atoms with Gasteiger partial charge in [0.15, 0.2) is 0 Å². The molecule has 0 spiro atoms. The predicted molar refractivity (Wildman–Crippen MR) is 48.8 cm³/mol. The van der Waals surface area contributed by atoms with Crippen LogP contribution in [-0.2, 0) is 11.2 Å². The number of carboxylic acid groups (broad SMARTS) is 1. The molecule has 1 aromatic rings. The molecule has 1 rings (SSSR count). The van der Waals surface area contributed by atoms with E-state index in [1.807, 2.05) is 0 Å². The molecule has 3 N–H and O–H groups in total. The van der Waals surface area contributed by atoms with Gasteiger partial charge in [-0.1, -0.05) is 0 Å². The molecule has 0 amide bonds. The first-order valence-electron chi connectivity index (χ1n) is 3.75. The number of carbonyl (C=O) groups is 1. The van der Waals surface area contributed by atoms with Crippen LogP contribution in [0.5, 0.6) is 0 Å². The summed E-state index contributed by atoms with van der Waals surface area (Å²) in [6, 6.07) is 3.74. The first-order valence-corrected chi connectivity index (χ1v) is 3.75. The summed E-state index contributed by atoms with van der Waals surface area (Å²) in [6.07, 6.45) is -0.312. The SMILES string of the molecule is Nc1ccc([N+](=O)[O-])cc1CC(=O)O. The Hall–Kier alpha value is -2.11. The topological polar surface area (TPSA) is 106 Å². The lowest BCUT2D eigenvalue weighted by atomic mass is 10.1. The number of nitrogens with two attached hydrogens (primary N) is 1. The van der Waals surface area contributed by atoms with Gasteiger partial charge in [-0.05, 0) is 11.6 Å². The minimum absolute atomic E-state index is 0.157. The van der Waals surface area contributed by atoms with Gasteiger partial charge >= 0.3 is 5.97 Å². The lowest BCUT2D eigenvalue weighted by Crippen LogP contribution is -2.04. The monoisotopic (exact) mass is 196 g/mol. The van der Waals surface area contributed by atoms with E-state index >= 15 is 0 Å². The summed E-state index contributed by atoms with van der Waals surface area (Å²) in [5.74, 6) is -1.07. The van der Waals surface area contributed by atoms with Crippen LogP contribution in [0.1, 0.15) is 5.56 Å². The third-order valence-electron chi connectivity index (χ3n) is 1.68. The predicted octanol–water partition coefficient (Wildman–Crippen LogP) is 0.804. The van der Waals surface area contributed by atoms with Crippen LogP contribution in [0, 0.1) is 10.1 Å². The Bertz CT molecular complexity index is 389. The molecule has 0 aliphatic carbocycles. The Morgan fingerprint density at radius 3 is 2.71 bits per heavy atom. The highest BCUT2D eigenvalue weighted by atomic mass is 16.6. The van der Waals surface area contributed by atoms with Crippen molar-refractivity contribution in [2.75, 3.05) is 5.73 Å². The normalized spacial score (nSPS) is 9.71. The summed E-state index contributed by atoms with van der Waals surface area (Å²) in [6.45, 7) is 0. The number of carboxylic acids is 1. The smallest absolute Gasteiger partial charge is 0.307 e. The Morgan fingerprint density at radius 2 is 2.21 bits per heavy atom. The molecule has 0 unspecified atom stereocenters. The largest absolute Gasteiger partial charge is 0.481 e. The Kier molecular flexibility index (Phi) is 2.66. The molecule has 0 aliphatic heterocycles. The van der Waals surface area contributed by atoms with E-state index in [0.29, 0.717) is 0 Å². The summed E-state index contributed by atoms with van der Waals surface area (Å²) >= 11 is 0. The van der Waals surface area contributed by atoms with E-state index in [2.05, 4.69) is 0 Å². The van der Waals surface area contributed by atoms with Crippen molar-refractivity contribution in [3.8, 4) is 0 Å². The second kappa shape index (κ2) is 3.73. The molecule has 1 aromatic carbocycles. The quantitative estimate of drug-likeness (QED) is 0.422. The van der Waals surface area contributed by atoms with E-state index in [4.69, 9.17) is 10.8 Å². The molecule has 6 heteroatoms. The third-order valence-corrected chi connectivity index (χ3v) is 1.68. The van der Waals surface area contributed by atoms with Gasteiger partial charge in [-0.2, -0.15) is 0 Å². The van der Waals surface area contributed by atoms with Crippen molar-refractivity contribution in [3.63, 3.8) is 0 Å². The highest BCUT2D eigenvalue weighted by Crippen LogP contribution is 2.19. The second-order valence-corrected chi connectivity index (χ2v) is 2.71. The van der Waals surface area contributed by atoms with E-state index < -0.39 is 10.9 Å². The van der Waals surface area contributed by atoms with E-state index in [-0.39, 0.29) is 23.4 Å². The minimum Gasteiger partial charge on any atom is -0.481 e. The van der Waals surface area contributed by atoms with Crippen LogP contribution in [-0.4, -0.2) is 16.0 Å². The van der Waals surface area contributed by atoms with Crippen molar-refractivity contribution < 1.29 is 14.8 Å². The number of rotatable bonds is 3. The van der Waals surface area contributed by atoms with Crippen molar-refractivity contribution in [2.24, 2.45) is 0 Å². The average Bonchev–Trinajstić information content (AvgIpc) is 2.07. The zero-order valence-electron chi connectivity index (χ0n) is 7.14. The summed E-state index contributed by atoms with van der Waals surface area (Å²) in [7, 11) is 0. The number of benzene rings is 1. The Balaban J connectivity index is 3.08. The third kappa shape index (κ3) is 2.19.